The van der Waals surface area contributed by atoms with Gasteiger partial charge in [0.25, 0.3) is 0 Å². The minimum absolute atomic E-state index is 0.0123. The summed E-state index contributed by atoms with van der Waals surface area (Å²) in [5.74, 6) is -0.484. The zero-order chi connectivity index (χ0) is 13.3. The van der Waals surface area contributed by atoms with Gasteiger partial charge >= 0.3 is 12.1 Å². The summed E-state index contributed by atoms with van der Waals surface area (Å²) in [4.78, 5) is 11.2. The first-order valence-corrected chi connectivity index (χ1v) is 5.36. The van der Waals surface area contributed by atoms with E-state index in [4.69, 9.17) is 4.74 Å². The monoisotopic (exact) mass is 257 g/mol. The van der Waals surface area contributed by atoms with Crippen molar-refractivity contribution in [1.82, 2.24) is 5.32 Å². The van der Waals surface area contributed by atoms with E-state index in [0.717, 1.165) is 0 Å². The summed E-state index contributed by atoms with van der Waals surface area (Å²) < 4.78 is 44.9. The van der Waals surface area contributed by atoms with Crippen LogP contribution >= 0.6 is 0 Å². The molecule has 0 amide bonds. The summed E-state index contributed by atoms with van der Waals surface area (Å²) in [5.41, 5.74) is 0. The van der Waals surface area contributed by atoms with Crippen LogP contribution < -0.4 is 5.32 Å². The maximum absolute atomic E-state index is 11.8. The van der Waals surface area contributed by atoms with Gasteiger partial charge in [0.2, 0.25) is 0 Å². The molecule has 0 rings (SSSR count). The minimum Gasteiger partial charge on any atom is -0.468 e. The number of esters is 1. The van der Waals surface area contributed by atoms with Crippen LogP contribution in [0.2, 0.25) is 0 Å². The Morgan fingerprint density at radius 1 is 1.41 bits per heavy atom. The van der Waals surface area contributed by atoms with Crippen molar-refractivity contribution in [2.45, 2.75) is 32.0 Å². The number of rotatable bonds is 8. The minimum atomic E-state index is -4.16. The number of hydrogen-bond donors (Lipinski definition) is 1. The highest BCUT2D eigenvalue weighted by Crippen LogP contribution is 2.20. The molecule has 17 heavy (non-hydrogen) atoms. The Balaban J connectivity index is 3.72. The lowest BCUT2D eigenvalue weighted by Gasteiger charge is -2.15. The van der Waals surface area contributed by atoms with E-state index in [9.17, 15) is 18.0 Å². The van der Waals surface area contributed by atoms with Gasteiger partial charge in [-0.1, -0.05) is 6.92 Å². The lowest BCUT2D eigenvalue weighted by Crippen LogP contribution is -2.41. The van der Waals surface area contributed by atoms with Gasteiger partial charge in [-0.15, -0.1) is 0 Å². The molecule has 7 heteroatoms. The van der Waals surface area contributed by atoms with Gasteiger partial charge < -0.3 is 14.8 Å². The van der Waals surface area contributed by atoms with Crippen LogP contribution in [0.4, 0.5) is 13.2 Å². The van der Waals surface area contributed by atoms with Gasteiger partial charge in [-0.2, -0.15) is 13.2 Å². The Morgan fingerprint density at radius 2 is 2.06 bits per heavy atom. The Labute approximate surface area is 98.5 Å². The normalized spacial score (nSPS) is 13.5. The molecule has 0 aromatic rings. The SMILES string of the molecule is CCNC(COCCCC(F)(F)F)C(=O)OC. The van der Waals surface area contributed by atoms with E-state index in [-0.39, 0.29) is 19.6 Å². The average molecular weight is 257 g/mol. The molecular formula is C10H18F3NO3. The maximum atomic E-state index is 11.8. The lowest BCUT2D eigenvalue weighted by molar-refractivity contribution is -0.146. The summed E-state index contributed by atoms with van der Waals surface area (Å²) in [6, 6.07) is -0.629. The van der Waals surface area contributed by atoms with E-state index >= 15 is 0 Å². The lowest BCUT2D eigenvalue weighted by atomic mass is 10.3. The highest BCUT2D eigenvalue weighted by molar-refractivity contribution is 5.75. The first-order chi connectivity index (χ1) is 7.90. The van der Waals surface area contributed by atoms with Crippen LogP contribution in [0.15, 0.2) is 0 Å². The number of hydrogen-bond acceptors (Lipinski definition) is 4. The molecule has 0 saturated carbocycles. The highest BCUT2D eigenvalue weighted by atomic mass is 19.4. The van der Waals surface area contributed by atoms with E-state index in [1.807, 2.05) is 0 Å². The molecule has 102 valence electrons. The molecule has 1 atom stereocenters. The Kier molecular flexibility index (Phi) is 7.90. The van der Waals surface area contributed by atoms with Gasteiger partial charge in [0.15, 0.2) is 0 Å². The number of halogens is 3. The number of methoxy groups -OCH3 is 1. The molecule has 0 aliphatic rings. The molecule has 1 N–H and O–H groups in total. The molecule has 0 saturated heterocycles. The average Bonchev–Trinajstić information content (AvgIpc) is 2.24. The van der Waals surface area contributed by atoms with Crippen molar-refractivity contribution in [2.24, 2.45) is 0 Å². The number of alkyl halides is 3. The first kappa shape index (κ1) is 16.2. The topological polar surface area (TPSA) is 47.6 Å². The zero-order valence-electron chi connectivity index (χ0n) is 9.97. The highest BCUT2D eigenvalue weighted by Gasteiger charge is 2.26. The molecule has 0 aliphatic carbocycles. The van der Waals surface area contributed by atoms with E-state index < -0.39 is 24.6 Å². The van der Waals surface area contributed by atoms with Crippen LogP contribution in [0.1, 0.15) is 19.8 Å². The molecule has 0 bridgehead atoms. The Morgan fingerprint density at radius 3 is 2.53 bits per heavy atom. The summed E-state index contributed by atoms with van der Waals surface area (Å²) in [7, 11) is 1.25. The molecule has 1 unspecified atom stereocenters. The van der Waals surface area contributed by atoms with E-state index in [1.54, 1.807) is 6.92 Å². The van der Waals surface area contributed by atoms with Crippen LogP contribution in [0.3, 0.4) is 0 Å². The number of likely N-dealkylation sites (N-methyl/N-ethyl adjacent to an activating group) is 1. The predicted octanol–water partition coefficient (Wildman–Crippen LogP) is 1.50. The van der Waals surface area contributed by atoms with Crippen molar-refractivity contribution in [3.63, 3.8) is 0 Å². The fourth-order valence-corrected chi connectivity index (χ4v) is 1.17. The molecule has 0 aromatic carbocycles. The molecule has 0 fully saturated rings. The molecule has 0 heterocycles. The van der Waals surface area contributed by atoms with Gasteiger partial charge in [-0.3, -0.25) is 4.79 Å². The quantitative estimate of drug-likeness (QED) is 0.529. The van der Waals surface area contributed by atoms with Crippen molar-refractivity contribution < 1.29 is 27.4 Å². The van der Waals surface area contributed by atoms with Crippen LogP contribution in [-0.4, -0.2) is 45.1 Å². The maximum Gasteiger partial charge on any atom is 0.389 e. The number of nitrogens with one attached hydrogen (secondary N) is 1. The van der Waals surface area contributed by atoms with Gasteiger partial charge in [0.05, 0.1) is 13.7 Å². The van der Waals surface area contributed by atoms with E-state index in [0.29, 0.717) is 6.54 Å². The third-order valence-corrected chi connectivity index (χ3v) is 1.97. The zero-order valence-corrected chi connectivity index (χ0v) is 9.97. The second-order valence-corrected chi connectivity index (χ2v) is 3.43. The third kappa shape index (κ3) is 8.93. The molecule has 0 spiro atoms. The predicted molar refractivity (Wildman–Crippen MR) is 55.6 cm³/mol. The fourth-order valence-electron chi connectivity index (χ4n) is 1.17. The standard InChI is InChI=1S/C10H18F3NO3/c1-3-14-8(9(15)16-2)7-17-6-4-5-10(11,12)13/h8,14H,3-7H2,1-2H3. The van der Waals surface area contributed by atoms with Crippen molar-refractivity contribution in [2.75, 3.05) is 26.9 Å². The smallest absolute Gasteiger partial charge is 0.389 e. The summed E-state index contributed by atoms with van der Waals surface area (Å²) >= 11 is 0. The summed E-state index contributed by atoms with van der Waals surface area (Å²) in [6.45, 7) is 2.34. The number of carbonyl (C=O) groups is 1. The van der Waals surface area contributed by atoms with Gasteiger partial charge in [-0.05, 0) is 13.0 Å². The molecular weight excluding hydrogens is 239 g/mol. The second kappa shape index (κ2) is 8.30. The summed E-state index contributed by atoms with van der Waals surface area (Å²) in [6.07, 6.45) is -5.15. The van der Waals surface area contributed by atoms with E-state index in [2.05, 4.69) is 10.1 Å². The van der Waals surface area contributed by atoms with Gasteiger partial charge in [0, 0.05) is 13.0 Å². The third-order valence-electron chi connectivity index (χ3n) is 1.97. The number of carbonyl (C=O) groups excluding carboxylic acids is 1. The molecule has 0 aliphatic heterocycles. The van der Waals surface area contributed by atoms with Crippen LogP contribution in [0, 0.1) is 0 Å². The Bertz CT molecular complexity index is 221. The Hall–Kier alpha value is -0.820. The van der Waals surface area contributed by atoms with Crippen LogP contribution in [0.5, 0.6) is 0 Å². The first-order valence-electron chi connectivity index (χ1n) is 5.36. The van der Waals surface area contributed by atoms with Crippen molar-refractivity contribution >= 4 is 5.97 Å². The van der Waals surface area contributed by atoms with Gasteiger partial charge in [-0.25, -0.2) is 0 Å². The molecule has 0 radical (unpaired) electrons. The number of ether oxygens (including phenoxy) is 2. The second-order valence-electron chi connectivity index (χ2n) is 3.43. The van der Waals surface area contributed by atoms with Crippen molar-refractivity contribution in [3.05, 3.63) is 0 Å². The van der Waals surface area contributed by atoms with Gasteiger partial charge in [0.1, 0.15) is 6.04 Å². The fraction of sp³-hybridized carbons (Fsp3) is 0.900. The van der Waals surface area contributed by atoms with Crippen LogP contribution in [0.25, 0.3) is 0 Å². The molecule has 4 nitrogen and oxygen atoms in total. The summed E-state index contributed by atoms with van der Waals surface area (Å²) in [5, 5.41) is 2.82. The van der Waals surface area contributed by atoms with Crippen molar-refractivity contribution in [1.29, 1.82) is 0 Å². The van der Waals surface area contributed by atoms with E-state index in [1.165, 1.54) is 7.11 Å². The molecule has 0 aromatic heterocycles. The van der Waals surface area contributed by atoms with Crippen molar-refractivity contribution in [3.8, 4) is 0 Å². The largest absolute Gasteiger partial charge is 0.468 e. The van der Waals surface area contributed by atoms with Crippen LogP contribution in [-0.2, 0) is 14.3 Å².